The maximum Gasteiger partial charge on any atom is 1.00 e. The molecule has 0 aliphatic heterocycles. The smallest absolute Gasteiger partial charge is 0.815 e. The second kappa shape index (κ2) is 6.45. The van der Waals surface area contributed by atoms with Gasteiger partial charge in [-0.2, -0.15) is 10.5 Å². The molecule has 0 aliphatic carbocycles. The minimum atomic E-state index is -2.60. The van der Waals surface area contributed by atoms with Crippen molar-refractivity contribution in [1.29, 1.82) is 0 Å². The van der Waals surface area contributed by atoms with Gasteiger partial charge in [-0.1, -0.05) is 66.9 Å². The van der Waals surface area contributed by atoms with Crippen LogP contribution in [0, 0.1) is 0 Å². The maximum absolute atomic E-state index is 12.9. The van der Waals surface area contributed by atoms with Gasteiger partial charge in [-0.3, -0.25) is 0 Å². The number of rotatable bonds is 2. The summed E-state index contributed by atoms with van der Waals surface area (Å²) in [5.74, 6) is 3.76. The summed E-state index contributed by atoms with van der Waals surface area (Å²) in [5.41, 5.74) is 0. The molecule has 0 spiro atoms. The average molecular weight is 254 g/mol. The molecular weight excluding hydrogens is 242 g/mol. The van der Waals surface area contributed by atoms with Crippen molar-refractivity contribution in [3.05, 3.63) is 60.7 Å². The fourth-order valence-electron chi connectivity index (χ4n) is 1.55. The zero-order chi connectivity index (χ0) is 11.4. The zero-order valence-corrected chi connectivity index (χ0v) is 11.5. The fraction of sp³-hybridized carbons (Fsp3) is 0. The van der Waals surface area contributed by atoms with Crippen LogP contribution in [0.3, 0.4) is 0 Å². The van der Waals surface area contributed by atoms with Crippen LogP contribution < -0.4 is 34.4 Å². The molecule has 0 saturated carbocycles. The van der Waals surface area contributed by atoms with Gasteiger partial charge < -0.3 is 4.89 Å². The third kappa shape index (κ3) is 3.04. The van der Waals surface area contributed by atoms with Gasteiger partial charge in [0.25, 0.3) is 0 Å². The van der Waals surface area contributed by atoms with Gasteiger partial charge in [0.2, 0.25) is 0 Å². The minimum absolute atomic E-state index is 0. The van der Waals surface area contributed by atoms with Gasteiger partial charge in [-0.05, 0) is 16.5 Å². The van der Waals surface area contributed by atoms with Crippen LogP contribution in [0.1, 0.15) is 0 Å². The van der Waals surface area contributed by atoms with Crippen LogP contribution in [0.4, 0.5) is 0 Å². The molecule has 1 nitrogen and oxygen atoms in total. The molecule has 0 heterocycles. The second-order valence-electron chi connectivity index (χ2n) is 3.35. The van der Waals surface area contributed by atoms with E-state index in [1.54, 1.807) is 0 Å². The second-order valence-corrected chi connectivity index (χ2v) is 8.06. The van der Waals surface area contributed by atoms with Gasteiger partial charge in [0.05, 0.1) is 0 Å². The summed E-state index contributed by atoms with van der Waals surface area (Å²) in [4.78, 5) is 12.9. The standard InChI is InChI=1S/C13H12OPS.Li/c1-16-15(14,12-8-4-2-5-9-12)13-10-6-3-7-11-13;/h2-11H,1H2;/q-1;+1. The Kier molecular flexibility index (Phi) is 5.53. The first-order valence-corrected chi connectivity index (χ1v) is 8.22. The molecule has 0 N–H and O–H groups in total. The zero-order valence-electron chi connectivity index (χ0n) is 9.74. The van der Waals surface area contributed by atoms with Crippen molar-refractivity contribution in [3.63, 3.8) is 0 Å². The molecule has 0 fully saturated rings. The molecule has 0 radical (unpaired) electrons. The van der Waals surface area contributed by atoms with E-state index >= 15 is 0 Å². The van der Waals surface area contributed by atoms with E-state index in [9.17, 15) is 4.89 Å². The van der Waals surface area contributed by atoms with E-state index in [1.807, 2.05) is 60.7 Å². The summed E-state index contributed by atoms with van der Waals surface area (Å²) in [6.45, 7) is 0. The molecule has 4 heteroatoms. The third-order valence-electron chi connectivity index (χ3n) is 2.37. The van der Waals surface area contributed by atoms with E-state index in [4.69, 9.17) is 0 Å². The number of benzene rings is 2. The van der Waals surface area contributed by atoms with Crippen molar-refractivity contribution in [3.8, 4) is 0 Å². The molecule has 2 rings (SSSR count). The first kappa shape index (κ1) is 14.6. The third-order valence-corrected chi connectivity index (χ3v) is 7.05. The molecule has 0 atom stereocenters. The molecule has 0 saturated heterocycles. The summed E-state index contributed by atoms with van der Waals surface area (Å²) < 4.78 is 0. The van der Waals surface area contributed by atoms with Gasteiger partial charge in [0, 0.05) is 0 Å². The molecule has 82 valence electrons. The summed E-state index contributed by atoms with van der Waals surface area (Å²) in [6.07, 6.45) is -2.60. The summed E-state index contributed by atoms with van der Waals surface area (Å²) in [6, 6.07) is 19.0. The van der Waals surface area contributed by atoms with Gasteiger partial charge in [-0.15, -0.1) is 0 Å². The fourth-order valence-corrected chi connectivity index (χ4v) is 4.90. The van der Waals surface area contributed by atoms with Crippen molar-refractivity contribution in [2.24, 2.45) is 0 Å². The van der Waals surface area contributed by atoms with Crippen LogP contribution in [0.25, 0.3) is 0 Å². The predicted molar refractivity (Wildman–Crippen MR) is 73.6 cm³/mol. The van der Waals surface area contributed by atoms with E-state index in [0.29, 0.717) is 0 Å². The molecule has 0 aliphatic rings. The minimum Gasteiger partial charge on any atom is -0.815 e. The van der Waals surface area contributed by atoms with Gasteiger partial charge >= 0.3 is 18.9 Å². The molecular formula is C13H12LiOPS. The molecule has 2 aromatic rings. The van der Waals surface area contributed by atoms with Crippen molar-refractivity contribution < 1.29 is 23.8 Å². The van der Waals surface area contributed by atoms with Crippen LogP contribution >= 0.6 is 6.26 Å². The summed E-state index contributed by atoms with van der Waals surface area (Å²) in [5, 5.41) is 1.70. The van der Waals surface area contributed by atoms with E-state index in [1.165, 1.54) is 10.5 Å². The maximum atomic E-state index is 12.9. The molecule has 0 unspecified atom stereocenters. The van der Waals surface area contributed by atoms with Crippen LogP contribution in [0.15, 0.2) is 60.7 Å². The molecule has 2 aromatic carbocycles. The predicted octanol–water partition coefficient (Wildman–Crippen LogP) is -1.64. The molecule has 0 aromatic heterocycles. The molecule has 17 heavy (non-hydrogen) atoms. The average Bonchev–Trinajstić information content (AvgIpc) is 2.40. The Bertz CT molecular complexity index is 507. The Hall–Kier alpha value is -0.483. The summed E-state index contributed by atoms with van der Waals surface area (Å²) >= 11 is 0. The largest absolute Gasteiger partial charge is 1.00 e. The van der Waals surface area contributed by atoms with Crippen LogP contribution in [0.5, 0.6) is 0 Å². The Morgan fingerprint density at radius 2 is 1.18 bits per heavy atom. The Balaban J connectivity index is 0.00000144. The Morgan fingerprint density at radius 3 is 1.47 bits per heavy atom. The molecule has 0 bridgehead atoms. The Labute approximate surface area is 117 Å². The molecule has 0 amide bonds. The van der Waals surface area contributed by atoms with Gasteiger partial charge in [0.15, 0.2) is 0 Å². The van der Waals surface area contributed by atoms with Gasteiger partial charge in [0.1, 0.15) is 0 Å². The normalized spacial score (nSPS) is 10.4. The van der Waals surface area contributed by atoms with Crippen molar-refractivity contribution in [2.45, 2.75) is 0 Å². The van der Waals surface area contributed by atoms with Gasteiger partial charge in [-0.25, -0.2) is 0 Å². The Morgan fingerprint density at radius 1 is 0.824 bits per heavy atom. The van der Waals surface area contributed by atoms with Crippen molar-refractivity contribution in [2.75, 3.05) is 0 Å². The van der Waals surface area contributed by atoms with E-state index in [0.717, 1.165) is 10.6 Å². The summed E-state index contributed by atoms with van der Waals surface area (Å²) in [7, 11) is 1.18. The first-order valence-electron chi connectivity index (χ1n) is 4.92. The quantitative estimate of drug-likeness (QED) is 0.358. The first-order chi connectivity index (χ1) is 7.77. The number of hydrogen-bond donors (Lipinski definition) is 0. The van der Waals surface area contributed by atoms with Crippen molar-refractivity contribution in [1.82, 2.24) is 0 Å². The monoisotopic (exact) mass is 254 g/mol. The van der Waals surface area contributed by atoms with Crippen LogP contribution in [-0.2, 0) is 10.5 Å². The topological polar surface area (TPSA) is 23.1 Å². The van der Waals surface area contributed by atoms with Crippen LogP contribution in [0.2, 0.25) is 0 Å². The van der Waals surface area contributed by atoms with E-state index < -0.39 is 6.26 Å². The van der Waals surface area contributed by atoms with E-state index in [2.05, 4.69) is 5.87 Å². The van der Waals surface area contributed by atoms with Crippen LogP contribution in [-0.4, -0.2) is 5.87 Å². The number of hydrogen-bond acceptors (Lipinski definition) is 1. The SMILES string of the molecule is C=S=P([O-])(c1ccccc1)c1ccccc1.[Li+]. The van der Waals surface area contributed by atoms with Crippen molar-refractivity contribution >= 4 is 33.3 Å². The van der Waals surface area contributed by atoms with E-state index in [-0.39, 0.29) is 18.9 Å².